The van der Waals surface area contributed by atoms with Gasteiger partial charge in [0.1, 0.15) is 5.82 Å². The maximum Gasteiger partial charge on any atom is 0.198 e. The predicted octanol–water partition coefficient (Wildman–Crippen LogP) is 1.03. The van der Waals surface area contributed by atoms with Crippen LogP contribution in [0, 0.1) is 6.92 Å². The van der Waals surface area contributed by atoms with Crippen LogP contribution in [0.5, 0.6) is 0 Å². The van der Waals surface area contributed by atoms with E-state index >= 15 is 0 Å². The fraction of sp³-hybridized carbons (Fsp3) is 0.364. The molecule has 2 rings (SSSR count). The van der Waals surface area contributed by atoms with Gasteiger partial charge in [-0.25, -0.2) is 20.8 Å². The first-order valence-electron chi connectivity index (χ1n) is 5.49. The summed E-state index contributed by atoms with van der Waals surface area (Å²) in [6.45, 7) is 4.01. The Hall–Kier alpha value is -1.95. The van der Waals surface area contributed by atoms with Crippen LogP contribution in [-0.2, 0) is 13.5 Å². The lowest BCUT2D eigenvalue weighted by molar-refractivity contribution is 0.890. The van der Waals surface area contributed by atoms with Gasteiger partial charge >= 0.3 is 0 Å². The summed E-state index contributed by atoms with van der Waals surface area (Å²) in [4.78, 5) is 13.1. The summed E-state index contributed by atoms with van der Waals surface area (Å²) < 4.78 is 1.88. The van der Waals surface area contributed by atoms with E-state index in [-0.39, 0.29) is 0 Å². The number of nitrogens with one attached hydrogen (secondary N) is 1. The Morgan fingerprint density at radius 1 is 1.41 bits per heavy atom. The molecule has 0 spiro atoms. The number of aromatic nitrogens is 4. The van der Waals surface area contributed by atoms with Crippen molar-refractivity contribution >= 4 is 5.82 Å². The highest BCUT2D eigenvalue weighted by Crippen LogP contribution is 2.20. The molecule has 0 amide bonds. The van der Waals surface area contributed by atoms with Gasteiger partial charge in [0.2, 0.25) is 0 Å². The predicted molar refractivity (Wildman–Crippen MR) is 66.2 cm³/mol. The van der Waals surface area contributed by atoms with E-state index in [0.717, 1.165) is 23.5 Å². The second-order valence-corrected chi connectivity index (χ2v) is 3.83. The molecule has 2 aromatic rings. The second-order valence-electron chi connectivity index (χ2n) is 3.83. The molecule has 0 bridgehead atoms. The van der Waals surface area contributed by atoms with E-state index in [1.54, 1.807) is 6.20 Å². The zero-order valence-corrected chi connectivity index (χ0v) is 10.2. The van der Waals surface area contributed by atoms with Gasteiger partial charge in [-0.15, -0.1) is 0 Å². The summed E-state index contributed by atoms with van der Waals surface area (Å²) in [5.74, 6) is 7.44. The lowest BCUT2D eigenvalue weighted by Crippen LogP contribution is -2.13. The fourth-order valence-corrected chi connectivity index (χ4v) is 1.73. The van der Waals surface area contributed by atoms with E-state index in [2.05, 4.69) is 27.3 Å². The van der Waals surface area contributed by atoms with Gasteiger partial charge in [-0.05, 0) is 13.3 Å². The highest BCUT2D eigenvalue weighted by Gasteiger charge is 2.13. The van der Waals surface area contributed by atoms with Crippen LogP contribution in [0.2, 0.25) is 0 Å². The van der Waals surface area contributed by atoms with E-state index in [4.69, 9.17) is 5.84 Å². The summed E-state index contributed by atoms with van der Waals surface area (Å²) in [5, 5.41) is 0. The van der Waals surface area contributed by atoms with E-state index in [0.29, 0.717) is 11.6 Å². The molecule has 6 nitrogen and oxygen atoms in total. The summed E-state index contributed by atoms with van der Waals surface area (Å²) in [6.07, 6.45) is 4.42. The number of rotatable bonds is 3. The van der Waals surface area contributed by atoms with Gasteiger partial charge in [-0.2, -0.15) is 0 Å². The number of aryl methyl sites for hydroxylation is 2. The Morgan fingerprint density at radius 3 is 2.71 bits per heavy atom. The molecule has 3 N–H and O–H groups in total. The van der Waals surface area contributed by atoms with Crippen molar-refractivity contribution in [2.45, 2.75) is 20.3 Å². The minimum absolute atomic E-state index is 0.591. The number of hydrogen-bond acceptors (Lipinski definition) is 5. The van der Waals surface area contributed by atoms with Crippen molar-refractivity contribution in [1.82, 2.24) is 19.5 Å². The molecule has 0 atom stereocenters. The third kappa shape index (κ3) is 1.99. The molecule has 17 heavy (non-hydrogen) atoms. The molecule has 0 unspecified atom stereocenters. The topological polar surface area (TPSA) is 81.7 Å². The van der Waals surface area contributed by atoms with Gasteiger partial charge < -0.3 is 9.99 Å². The zero-order chi connectivity index (χ0) is 12.4. The average molecular weight is 232 g/mol. The quantitative estimate of drug-likeness (QED) is 0.610. The summed E-state index contributed by atoms with van der Waals surface area (Å²) in [6, 6.07) is 0. The third-order valence-electron chi connectivity index (χ3n) is 2.74. The van der Waals surface area contributed by atoms with Gasteiger partial charge in [0, 0.05) is 30.7 Å². The first-order valence-corrected chi connectivity index (χ1v) is 5.49. The molecule has 6 heteroatoms. The van der Waals surface area contributed by atoms with Crippen LogP contribution in [0.25, 0.3) is 11.6 Å². The number of nitrogen functional groups attached to an aromatic ring is 1. The van der Waals surface area contributed by atoms with Crippen molar-refractivity contribution < 1.29 is 0 Å². The number of imidazole rings is 1. The lowest BCUT2D eigenvalue weighted by Gasteiger charge is -2.10. The van der Waals surface area contributed by atoms with E-state index in [1.165, 1.54) is 0 Å². The van der Waals surface area contributed by atoms with Crippen LogP contribution in [0.4, 0.5) is 5.82 Å². The molecule has 0 radical (unpaired) electrons. The molecule has 2 heterocycles. The number of nitrogens with two attached hydrogens (primary N) is 1. The minimum Gasteiger partial charge on any atom is -0.331 e. The normalized spacial score (nSPS) is 10.6. The van der Waals surface area contributed by atoms with Crippen LogP contribution < -0.4 is 11.3 Å². The van der Waals surface area contributed by atoms with Crippen molar-refractivity contribution in [3.05, 3.63) is 23.7 Å². The second kappa shape index (κ2) is 4.50. The molecule has 0 aliphatic rings. The van der Waals surface area contributed by atoms with Crippen LogP contribution in [0.3, 0.4) is 0 Å². The lowest BCUT2D eigenvalue weighted by atomic mass is 10.2. The highest BCUT2D eigenvalue weighted by molar-refractivity contribution is 5.53. The molecule has 0 saturated carbocycles. The smallest absolute Gasteiger partial charge is 0.198 e. The zero-order valence-electron chi connectivity index (χ0n) is 10.2. The maximum absolute atomic E-state index is 5.47. The molecular formula is C11H16N6. The Kier molecular flexibility index (Phi) is 3.06. The number of hydrogen-bond donors (Lipinski definition) is 2. The van der Waals surface area contributed by atoms with Gasteiger partial charge in [0.25, 0.3) is 0 Å². The first-order chi connectivity index (χ1) is 8.17. The van der Waals surface area contributed by atoms with Crippen molar-refractivity contribution in [3.63, 3.8) is 0 Å². The Morgan fingerprint density at radius 2 is 2.18 bits per heavy atom. The fourth-order valence-electron chi connectivity index (χ4n) is 1.73. The van der Waals surface area contributed by atoms with Crippen molar-refractivity contribution in [2.24, 2.45) is 12.9 Å². The van der Waals surface area contributed by atoms with Crippen molar-refractivity contribution in [1.29, 1.82) is 0 Å². The van der Waals surface area contributed by atoms with Crippen molar-refractivity contribution in [3.8, 4) is 11.6 Å². The molecule has 0 saturated heterocycles. The van der Waals surface area contributed by atoms with Gasteiger partial charge in [0.15, 0.2) is 11.6 Å². The van der Waals surface area contributed by atoms with E-state index in [1.807, 2.05) is 24.7 Å². The van der Waals surface area contributed by atoms with Gasteiger partial charge in [-0.1, -0.05) is 6.92 Å². The number of nitrogens with zero attached hydrogens (tertiary/aromatic N) is 4. The molecule has 2 aromatic heterocycles. The maximum atomic E-state index is 5.47. The highest BCUT2D eigenvalue weighted by atomic mass is 15.3. The van der Waals surface area contributed by atoms with E-state index in [9.17, 15) is 0 Å². The molecule has 0 aromatic carbocycles. The Balaban J connectivity index is 2.60. The minimum atomic E-state index is 0.591. The molecule has 0 fully saturated rings. The molecule has 90 valence electrons. The van der Waals surface area contributed by atoms with Crippen LogP contribution in [0.1, 0.15) is 18.2 Å². The summed E-state index contributed by atoms with van der Waals surface area (Å²) in [5.41, 5.74) is 4.56. The summed E-state index contributed by atoms with van der Waals surface area (Å²) >= 11 is 0. The SMILES string of the molecule is CCc1nc(-c2nccn2C)nc(NN)c1C. The Labute approximate surface area is 99.9 Å². The summed E-state index contributed by atoms with van der Waals surface area (Å²) in [7, 11) is 1.91. The third-order valence-corrected chi connectivity index (χ3v) is 2.74. The molecule has 0 aliphatic heterocycles. The molecule has 0 aliphatic carbocycles. The van der Waals surface area contributed by atoms with Gasteiger partial charge in [0.05, 0.1) is 0 Å². The van der Waals surface area contributed by atoms with Crippen LogP contribution in [0.15, 0.2) is 12.4 Å². The average Bonchev–Trinajstić information content (AvgIpc) is 2.76. The monoisotopic (exact) mass is 232 g/mol. The van der Waals surface area contributed by atoms with Crippen molar-refractivity contribution in [2.75, 3.05) is 5.43 Å². The van der Waals surface area contributed by atoms with Gasteiger partial charge in [-0.3, -0.25) is 0 Å². The largest absolute Gasteiger partial charge is 0.331 e. The number of anilines is 1. The first kappa shape index (κ1) is 11.5. The molecular weight excluding hydrogens is 216 g/mol. The number of hydrazine groups is 1. The standard InChI is InChI=1S/C11H16N6/c1-4-8-7(2)9(16-12)15-10(14-8)11-13-5-6-17(11)3/h5-6H,4,12H2,1-3H3,(H,14,15,16). The van der Waals surface area contributed by atoms with Crippen LogP contribution >= 0.6 is 0 Å². The Bertz CT molecular complexity index is 506. The van der Waals surface area contributed by atoms with Crippen LogP contribution in [-0.4, -0.2) is 19.5 Å². The van der Waals surface area contributed by atoms with E-state index < -0.39 is 0 Å².